The van der Waals surface area contributed by atoms with E-state index in [0.29, 0.717) is 32.8 Å². The number of pyridine rings is 1. The topological polar surface area (TPSA) is 82.3 Å². The second-order valence-electron chi connectivity index (χ2n) is 3.04. The van der Waals surface area contributed by atoms with Gasteiger partial charge in [-0.1, -0.05) is 0 Å². The van der Waals surface area contributed by atoms with Gasteiger partial charge < -0.3 is 10.5 Å². The van der Waals surface area contributed by atoms with Gasteiger partial charge in [0.1, 0.15) is 15.4 Å². The number of methoxy groups -OCH3 is 1. The maximum atomic E-state index is 11.4. The monoisotopic (exact) mass is 236 g/mol. The van der Waals surface area contributed by atoms with E-state index in [9.17, 15) is 9.59 Å². The quantitative estimate of drug-likeness (QED) is 0.630. The summed E-state index contributed by atoms with van der Waals surface area (Å²) in [5, 5.41) is 0.663. The molecule has 0 aliphatic carbocycles. The van der Waals surface area contributed by atoms with Gasteiger partial charge in [-0.15, -0.1) is 11.3 Å². The lowest BCUT2D eigenvalue weighted by atomic mass is 10.2. The standard InChI is InChI=1S/C10H8N2O3S/c1-15-10(14)8-7(11)6-3-2-5(4-13)12-9(6)16-8/h2-4H,11H2,1H3. The lowest BCUT2D eigenvalue weighted by Crippen LogP contribution is -2.01. The van der Waals surface area contributed by atoms with Crippen molar-refractivity contribution in [3.05, 3.63) is 22.7 Å². The second-order valence-corrected chi connectivity index (χ2v) is 4.04. The Labute approximate surface area is 94.8 Å². The summed E-state index contributed by atoms with van der Waals surface area (Å²) >= 11 is 1.12. The number of carbonyl (C=O) groups is 2. The third kappa shape index (κ3) is 1.53. The molecule has 0 saturated carbocycles. The van der Waals surface area contributed by atoms with Crippen molar-refractivity contribution in [2.45, 2.75) is 0 Å². The molecular weight excluding hydrogens is 228 g/mol. The third-order valence-corrected chi connectivity index (χ3v) is 3.20. The summed E-state index contributed by atoms with van der Waals surface area (Å²) in [6, 6.07) is 3.23. The Balaban J connectivity index is 2.67. The summed E-state index contributed by atoms with van der Waals surface area (Å²) in [5.41, 5.74) is 6.44. The number of aldehydes is 1. The number of hydrogen-bond acceptors (Lipinski definition) is 6. The van der Waals surface area contributed by atoms with Crippen molar-refractivity contribution in [3.63, 3.8) is 0 Å². The number of carbonyl (C=O) groups excluding carboxylic acids is 2. The van der Waals surface area contributed by atoms with Gasteiger partial charge >= 0.3 is 5.97 Å². The Kier molecular flexibility index (Phi) is 2.57. The van der Waals surface area contributed by atoms with Gasteiger partial charge in [0.15, 0.2) is 6.29 Å². The number of rotatable bonds is 2. The van der Waals surface area contributed by atoms with E-state index >= 15 is 0 Å². The van der Waals surface area contributed by atoms with Crippen molar-refractivity contribution in [1.29, 1.82) is 0 Å². The average Bonchev–Trinajstić information content (AvgIpc) is 2.65. The van der Waals surface area contributed by atoms with Crippen LogP contribution in [0.4, 0.5) is 5.69 Å². The highest BCUT2D eigenvalue weighted by molar-refractivity contribution is 7.21. The molecule has 0 bridgehead atoms. The highest BCUT2D eigenvalue weighted by Gasteiger charge is 2.17. The number of nitrogens with zero attached hydrogens (tertiary/aromatic N) is 1. The largest absolute Gasteiger partial charge is 0.465 e. The zero-order valence-electron chi connectivity index (χ0n) is 8.39. The van der Waals surface area contributed by atoms with Crippen LogP contribution in [-0.4, -0.2) is 24.3 Å². The van der Waals surface area contributed by atoms with Crippen LogP contribution in [0.3, 0.4) is 0 Å². The molecule has 0 amide bonds. The van der Waals surface area contributed by atoms with Crippen molar-refractivity contribution >= 4 is 39.5 Å². The first kappa shape index (κ1) is 10.6. The Bertz CT molecular complexity index is 577. The molecule has 16 heavy (non-hydrogen) atoms. The van der Waals surface area contributed by atoms with Crippen molar-refractivity contribution in [1.82, 2.24) is 4.98 Å². The minimum Gasteiger partial charge on any atom is -0.465 e. The molecule has 6 heteroatoms. The number of esters is 1. The van der Waals surface area contributed by atoms with Crippen molar-refractivity contribution in [3.8, 4) is 0 Å². The normalized spacial score (nSPS) is 10.3. The molecule has 82 valence electrons. The number of anilines is 1. The van der Waals surface area contributed by atoms with Gasteiger partial charge in [-0.3, -0.25) is 4.79 Å². The molecule has 2 heterocycles. The Hall–Kier alpha value is -1.95. The van der Waals surface area contributed by atoms with Crippen LogP contribution >= 0.6 is 11.3 Å². The Morgan fingerprint density at radius 3 is 2.94 bits per heavy atom. The van der Waals surface area contributed by atoms with E-state index in [1.54, 1.807) is 12.1 Å². The molecule has 0 unspecified atom stereocenters. The molecule has 2 aromatic heterocycles. The molecule has 5 nitrogen and oxygen atoms in total. The van der Waals surface area contributed by atoms with Crippen molar-refractivity contribution in [2.75, 3.05) is 12.8 Å². The van der Waals surface area contributed by atoms with Gasteiger partial charge in [0.05, 0.1) is 12.8 Å². The molecule has 0 spiro atoms. The van der Waals surface area contributed by atoms with E-state index in [1.165, 1.54) is 7.11 Å². The predicted octanol–water partition coefficient (Wildman–Crippen LogP) is 1.48. The smallest absolute Gasteiger partial charge is 0.350 e. The molecule has 0 aliphatic rings. The maximum Gasteiger partial charge on any atom is 0.350 e. The van der Waals surface area contributed by atoms with Crippen LogP contribution in [0.5, 0.6) is 0 Å². The fourth-order valence-corrected chi connectivity index (χ4v) is 2.34. The van der Waals surface area contributed by atoms with E-state index in [0.717, 1.165) is 11.3 Å². The summed E-state index contributed by atoms with van der Waals surface area (Å²) in [5.74, 6) is -0.492. The number of ether oxygens (including phenoxy) is 1. The van der Waals surface area contributed by atoms with Gasteiger partial charge in [0.25, 0.3) is 0 Å². The zero-order chi connectivity index (χ0) is 11.7. The molecule has 2 aromatic rings. The number of hydrogen-bond donors (Lipinski definition) is 1. The fraction of sp³-hybridized carbons (Fsp3) is 0.100. The number of thiophene rings is 1. The second kappa shape index (κ2) is 3.90. The van der Waals surface area contributed by atoms with Crippen molar-refractivity contribution < 1.29 is 14.3 Å². The van der Waals surface area contributed by atoms with Crippen LogP contribution in [0.15, 0.2) is 12.1 Å². The number of nitrogens with two attached hydrogens (primary N) is 1. The van der Waals surface area contributed by atoms with Crippen LogP contribution in [-0.2, 0) is 4.74 Å². The summed E-state index contributed by atoms with van der Waals surface area (Å²) in [7, 11) is 1.29. The lowest BCUT2D eigenvalue weighted by molar-refractivity contribution is 0.0607. The van der Waals surface area contributed by atoms with E-state index < -0.39 is 5.97 Å². The van der Waals surface area contributed by atoms with Gasteiger partial charge in [-0.05, 0) is 12.1 Å². The van der Waals surface area contributed by atoms with Crippen LogP contribution in [0, 0.1) is 0 Å². The van der Waals surface area contributed by atoms with Gasteiger partial charge in [-0.25, -0.2) is 9.78 Å². The maximum absolute atomic E-state index is 11.4. The average molecular weight is 236 g/mol. The molecule has 2 N–H and O–H groups in total. The van der Waals surface area contributed by atoms with E-state index in [4.69, 9.17) is 5.73 Å². The van der Waals surface area contributed by atoms with Crippen molar-refractivity contribution in [2.24, 2.45) is 0 Å². The Morgan fingerprint density at radius 1 is 1.56 bits per heavy atom. The SMILES string of the molecule is COC(=O)c1sc2nc(C=O)ccc2c1N. The van der Waals surface area contributed by atoms with Crippen LogP contribution < -0.4 is 5.73 Å². The summed E-state index contributed by atoms with van der Waals surface area (Å²) in [6.07, 6.45) is 0.646. The number of fused-ring (bicyclic) bond motifs is 1. The molecule has 2 rings (SSSR count). The highest BCUT2D eigenvalue weighted by atomic mass is 32.1. The number of aromatic nitrogens is 1. The van der Waals surface area contributed by atoms with E-state index in [2.05, 4.69) is 9.72 Å². The van der Waals surface area contributed by atoms with Gasteiger partial charge in [0, 0.05) is 5.39 Å². The Morgan fingerprint density at radius 2 is 2.31 bits per heavy atom. The summed E-state index contributed by atoms with van der Waals surface area (Å²) in [4.78, 5) is 26.8. The lowest BCUT2D eigenvalue weighted by Gasteiger charge is -1.95. The minimum atomic E-state index is -0.492. The van der Waals surface area contributed by atoms with Crippen LogP contribution in [0.25, 0.3) is 10.2 Å². The van der Waals surface area contributed by atoms with Gasteiger partial charge in [-0.2, -0.15) is 0 Å². The molecule has 0 aromatic carbocycles. The molecule has 0 fully saturated rings. The first-order valence-electron chi connectivity index (χ1n) is 4.40. The van der Waals surface area contributed by atoms with Crippen LogP contribution in [0.1, 0.15) is 20.2 Å². The zero-order valence-corrected chi connectivity index (χ0v) is 9.21. The molecule has 0 radical (unpaired) electrons. The van der Waals surface area contributed by atoms with Crippen LogP contribution in [0.2, 0.25) is 0 Å². The predicted molar refractivity (Wildman–Crippen MR) is 60.8 cm³/mol. The third-order valence-electron chi connectivity index (χ3n) is 2.11. The number of nitrogen functional groups attached to an aromatic ring is 1. The molecule has 0 atom stereocenters. The van der Waals surface area contributed by atoms with E-state index in [1.807, 2.05) is 0 Å². The summed E-state index contributed by atoms with van der Waals surface area (Å²) < 4.78 is 4.60. The first-order valence-corrected chi connectivity index (χ1v) is 5.21. The fourth-order valence-electron chi connectivity index (χ4n) is 1.32. The molecular formula is C10H8N2O3S. The first-order chi connectivity index (χ1) is 7.67. The molecule has 0 saturated heterocycles. The molecule has 0 aliphatic heterocycles. The minimum absolute atomic E-state index is 0.310. The highest BCUT2D eigenvalue weighted by Crippen LogP contribution is 2.32. The van der Waals surface area contributed by atoms with E-state index in [-0.39, 0.29) is 0 Å². The van der Waals surface area contributed by atoms with Gasteiger partial charge in [0.2, 0.25) is 0 Å². The summed E-state index contributed by atoms with van der Waals surface area (Å²) in [6.45, 7) is 0.